The summed E-state index contributed by atoms with van der Waals surface area (Å²) in [6.07, 6.45) is 2.01. The number of methoxy groups -OCH3 is 1. The number of nitriles is 1. The van der Waals surface area contributed by atoms with Crippen molar-refractivity contribution in [1.82, 2.24) is 0 Å². The minimum atomic E-state index is -0.955. The lowest BCUT2D eigenvalue weighted by atomic mass is 10.1. The summed E-state index contributed by atoms with van der Waals surface area (Å²) in [5.41, 5.74) is -0.136. The molecule has 0 heterocycles. The van der Waals surface area contributed by atoms with Crippen LogP contribution in [0.4, 0.5) is 5.69 Å². The van der Waals surface area contributed by atoms with E-state index < -0.39 is 5.60 Å². The molecule has 0 saturated heterocycles. The van der Waals surface area contributed by atoms with Gasteiger partial charge in [-0.3, -0.25) is 4.79 Å². The minimum absolute atomic E-state index is 0.304. The predicted molar refractivity (Wildman–Crippen MR) is 81.3 cm³/mol. The van der Waals surface area contributed by atoms with Crippen LogP contribution in [0.3, 0.4) is 0 Å². The molecule has 1 aromatic rings. The van der Waals surface area contributed by atoms with E-state index in [1.165, 1.54) is 7.11 Å². The molecule has 1 aromatic carbocycles. The zero-order valence-corrected chi connectivity index (χ0v) is 13.0. The fraction of sp³-hybridized carbons (Fsp3) is 0.500. The number of rotatable bonds is 7. The Kier molecular flexibility index (Phi) is 6.19. The Balaban J connectivity index is 2.85. The predicted octanol–water partition coefficient (Wildman–Crippen LogP) is 3.10. The highest BCUT2D eigenvalue weighted by Crippen LogP contribution is 2.23. The third-order valence-electron chi connectivity index (χ3n) is 3.18. The molecule has 114 valence electrons. The number of hydrogen-bond acceptors (Lipinski definition) is 4. The van der Waals surface area contributed by atoms with Gasteiger partial charge in [0.05, 0.1) is 17.9 Å². The highest BCUT2D eigenvalue weighted by molar-refractivity contribution is 5.97. The second-order valence-corrected chi connectivity index (χ2v) is 5.19. The van der Waals surface area contributed by atoms with E-state index in [4.69, 9.17) is 9.47 Å². The average molecular weight is 290 g/mol. The van der Waals surface area contributed by atoms with Crippen molar-refractivity contribution in [2.75, 3.05) is 19.0 Å². The lowest BCUT2D eigenvalue weighted by Crippen LogP contribution is -2.38. The molecule has 0 fully saturated rings. The summed E-state index contributed by atoms with van der Waals surface area (Å²) in [5, 5.41) is 11.9. The number of ether oxygens (including phenoxy) is 2. The highest BCUT2D eigenvalue weighted by Gasteiger charge is 2.27. The summed E-state index contributed by atoms with van der Waals surface area (Å²) < 4.78 is 10.7. The third kappa shape index (κ3) is 4.76. The normalized spacial score (nSPS) is 10.8. The van der Waals surface area contributed by atoms with E-state index in [9.17, 15) is 10.1 Å². The molecule has 5 nitrogen and oxygen atoms in total. The maximum absolute atomic E-state index is 12.1. The fourth-order valence-corrected chi connectivity index (χ4v) is 1.51. The Labute approximate surface area is 125 Å². The first-order valence-corrected chi connectivity index (χ1v) is 6.98. The molecule has 5 heteroatoms. The molecule has 1 rings (SSSR count). The van der Waals surface area contributed by atoms with Gasteiger partial charge in [0.15, 0.2) is 0 Å². The van der Waals surface area contributed by atoms with Crippen molar-refractivity contribution in [2.24, 2.45) is 0 Å². The lowest BCUT2D eigenvalue weighted by molar-refractivity contribution is -0.133. The van der Waals surface area contributed by atoms with Gasteiger partial charge in [0.25, 0.3) is 5.91 Å². The largest absolute Gasteiger partial charge is 0.494 e. The Hall–Kier alpha value is -2.06. The van der Waals surface area contributed by atoms with Gasteiger partial charge in [-0.1, -0.05) is 13.3 Å². The van der Waals surface area contributed by atoms with Crippen LogP contribution in [-0.2, 0) is 9.53 Å². The van der Waals surface area contributed by atoms with Crippen LogP contribution in [0.2, 0.25) is 0 Å². The van der Waals surface area contributed by atoms with Gasteiger partial charge in [-0.15, -0.1) is 0 Å². The summed E-state index contributed by atoms with van der Waals surface area (Å²) in [7, 11) is 1.47. The van der Waals surface area contributed by atoms with Crippen LogP contribution < -0.4 is 10.1 Å². The fourth-order valence-electron chi connectivity index (χ4n) is 1.51. The van der Waals surface area contributed by atoms with Gasteiger partial charge in [-0.2, -0.15) is 5.26 Å². The second-order valence-electron chi connectivity index (χ2n) is 5.19. The van der Waals surface area contributed by atoms with Crippen LogP contribution in [0.25, 0.3) is 0 Å². The van der Waals surface area contributed by atoms with Gasteiger partial charge in [0, 0.05) is 7.11 Å². The number of nitrogens with one attached hydrogen (secondary N) is 1. The Morgan fingerprint density at radius 3 is 2.71 bits per heavy atom. The summed E-state index contributed by atoms with van der Waals surface area (Å²) in [5.74, 6) is 0.324. The molecule has 0 spiro atoms. The molecule has 1 amide bonds. The molecular weight excluding hydrogens is 268 g/mol. The van der Waals surface area contributed by atoms with Crippen molar-refractivity contribution < 1.29 is 14.3 Å². The summed E-state index contributed by atoms with van der Waals surface area (Å²) >= 11 is 0. The standard InChI is InChI=1S/C16H22N2O3/c1-5-6-9-21-13-7-8-14(12(10-13)11-17)18-15(19)16(2,3)20-4/h7-8,10H,5-6,9H2,1-4H3,(H,18,19). The molecule has 0 aliphatic heterocycles. The Bertz CT molecular complexity index is 533. The van der Waals surface area contributed by atoms with Gasteiger partial charge in [0.2, 0.25) is 0 Å². The molecule has 0 saturated carbocycles. The third-order valence-corrected chi connectivity index (χ3v) is 3.18. The van der Waals surface area contributed by atoms with E-state index in [1.807, 2.05) is 0 Å². The van der Waals surface area contributed by atoms with Crippen LogP contribution in [0.5, 0.6) is 5.75 Å². The van der Waals surface area contributed by atoms with Crippen LogP contribution in [0.15, 0.2) is 18.2 Å². The molecule has 0 radical (unpaired) electrons. The van der Waals surface area contributed by atoms with Crippen molar-refractivity contribution in [2.45, 2.75) is 39.2 Å². The molecule has 0 aliphatic carbocycles. The molecule has 0 aromatic heterocycles. The number of carbonyl (C=O) groups excluding carboxylic acids is 1. The molecular formula is C16H22N2O3. The quantitative estimate of drug-likeness (QED) is 0.783. The average Bonchev–Trinajstić information content (AvgIpc) is 2.48. The van der Waals surface area contributed by atoms with E-state index in [2.05, 4.69) is 18.3 Å². The number of amides is 1. The van der Waals surface area contributed by atoms with E-state index in [0.29, 0.717) is 23.6 Å². The first-order valence-electron chi connectivity index (χ1n) is 6.98. The minimum Gasteiger partial charge on any atom is -0.494 e. The molecule has 1 N–H and O–H groups in total. The first-order chi connectivity index (χ1) is 9.94. The van der Waals surface area contributed by atoms with Crippen molar-refractivity contribution in [3.05, 3.63) is 23.8 Å². The lowest BCUT2D eigenvalue weighted by Gasteiger charge is -2.22. The van der Waals surface area contributed by atoms with Gasteiger partial charge in [-0.25, -0.2) is 0 Å². The van der Waals surface area contributed by atoms with Gasteiger partial charge >= 0.3 is 0 Å². The topological polar surface area (TPSA) is 71.3 Å². The molecule has 0 bridgehead atoms. The SMILES string of the molecule is CCCCOc1ccc(NC(=O)C(C)(C)OC)c(C#N)c1. The monoisotopic (exact) mass is 290 g/mol. The maximum Gasteiger partial charge on any atom is 0.256 e. The van der Waals surface area contributed by atoms with Gasteiger partial charge < -0.3 is 14.8 Å². The van der Waals surface area contributed by atoms with Crippen molar-refractivity contribution in [1.29, 1.82) is 5.26 Å². The van der Waals surface area contributed by atoms with Crippen molar-refractivity contribution in [3.8, 4) is 11.8 Å². The second kappa shape index (κ2) is 7.65. The Morgan fingerprint density at radius 1 is 1.43 bits per heavy atom. The Morgan fingerprint density at radius 2 is 2.14 bits per heavy atom. The van der Waals surface area contributed by atoms with E-state index >= 15 is 0 Å². The van der Waals surface area contributed by atoms with Crippen molar-refractivity contribution in [3.63, 3.8) is 0 Å². The summed E-state index contributed by atoms with van der Waals surface area (Å²) in [6.45, 7) is 6.03. The number of carbonyl (C=O) groups is 1. The first kappa shape index (κ1) is 17.0. The maximum atomic E-state index is 12.1. The van der Waals surface area contributed by atoms with E-state index in [0.717, 1.165) is 12.8 Å². The highest BCUT2D eigenvalue weighted by atomic mass is 16.5. The zero-order valence-electron chi connectivity index (χ0n) is 13.0. The van der Waals surface area contributed by atoms with Crippen LogP contribution in [0.1, 0.15) is 39.2 Å². The molecule has 0 unspecified atom stereocenters. The van der Waals surface area contributed by atoms with Crippen LogP contribution in [-0.4, -0.2) is 25.2 Å². The molecule has 0 atom stereocenters. The summed E-state index contributed by atoms with van der Waals surface area (Å²) in [6, 6.07) is 7.11. The van der Waals surface area contributed by atoms with E-state index in [-0.39, 0.29) is 5.91 Å². The molecule has 21 heavy (non-hydrogen) atoms. The number of anilines is 1. The number of nitrogens with zero attached hydrogens (tertiary/aromatic N) is 1. The van der Waals surface area contributed by atoms with Crippen molar-refractivity contribution >= 4 is 11.6 Å². The zero-order chi connectivity index (χ0) is 15.9. The van der Waals surface area contributed by atoms with E-state index in [1.54, 1.807) is 32.0 Å². The number of benzene rings is 1. The number of hydrogen-bond donors (Lipinski definition) is 1. The van der Waals surface area contributed by atoms with Crippen LogP contribution in [0, 0.1) is 11.3 Å². The molecule has 0 aliphatic rings. The van der Waals surface area contributed by atoms with Gasteiger partial charge in [0.1, 0.15) is 17.4 Å². The smallest absolute Gasteiger partial charge is 0.256 e. The summed E-state index contributed by atoms with van der Waals surface area (Å²) in [4.78, 5) is 12.1. The number of unbranched alkanes of at least 4 members (excludes halogenated alkanes) is 1. The van der Waals surface area contributed by atoms with Crippen LogP contribution >= 0.6 is 0 Å². The van der Waals surface area contributed by atoms with Gasteiger partial charge in [-0.05, 0) is 38.5 Å².